The number of nitrogens with zero attached hydrogens (tertiary/aromatic N) is 4. The lowest BCUT2D eigenvalue weighted by Gasteiger charge is -2.10. The average molecular weight is 403 g/mol. The molecule has 0 saturated carbocycles. The van der Waals surface area contributed by atoms with Crippen molar-refractivity contribution in [1.82, 2.24) is 19.6 Å². The van der Waals surface area contributed by atoms with Crippen molar-refractivity contribution < 1.29 is 9.18 Å². The fourth-order valence-electron chi connectivity index (χ4n) is 3.43. The quantitative estimate of drug-likeness (QED) is 0.528. The Labute approximate surface area is 174 Å². The van der Waals surface area contributed by atoms with Gasteiger partial charge in [-0.25, -0.2) is 13.8 Å². The largest absolute Gasteiger partial charge is 0.311 e. The first-order valence-electron chi connectivity index (χ1n) is 9.68. The molecule has 1 amide bonds. The number of aryl methyl sites for hydroxylation is 1. The molecule has 0 spiro atoms. The summed E-state index contributed by atoms with van der Waals surface area (Å²) in [6, 6.07) is 17.9. The Kier molecular flexibility index (Phi) is 5.43. The average Bonchev–Trinajstić information content (AvgIpc) is 3.28. The predicted molar refractivity (Wildman–Crippen MR) is 113 cm³/mol. The van der Waals surface area contributed by atoms with Crippen molar-refractivity contribution in [2.24, 2.45) is 0 Å². The predicted octanol–water partition coefficient (Wildman–Crippen LogP) is 4.05. The van der Waals surface area contributed by atoms with E-state index in [-0.39, 0.29) is 18.1 Å². The van der Waals surface area contributed by atoms with E-state index in [9.17, 15) is 9.18 Å². The van der Waals surface area contributed by atoms with Gasteiger partial charge in [0.25, 0.3) is 0 Å². The number of anilines is 1. The van der Waals surface area contributed by atoms with Gasteiger partial charge in [0.15, 0.2) is 0 Å². The van der Waals surface area contributed by atoms with Crippen LogP contribution in [0.5, 0.6) is 0 Å². The molecule has 152 valence electrons. The maximum atomic E-state index is 13.2. The molecule has 4 rings (SSSR count). The molecule has 0 bridgehead atoms. The molecule has 30 heavy (non-hydrogen) atoms. The maximum Gasteiger partial charge on any atom is 0.230 e. The molecule has 0 aliphatic rings. The van der Waals surface area contributed by atoms with Crippen LogP contribution in [-0.4, -0.2) is 25.5 Å². The van der Waals surface area contributed by atoms with Gasteiger partial charge in [-0.3, -0.25) is 4.79 Å². The van der Waals surface area contributed by atoms with Crippen LogP contribution in [0.2, 0.25) is 0 Å². The third kappa shape index (κ3) is 4.15. The topological polar surface area (TPSA) is 64.7 Å². The first-order valence-corrected chi connectivity index (χ1v) is 9.68. The second-order valence-corrected chi connectivity index (χ2v) is 7.12. The van der Waals surface area contributed by atoms with Crippen molar-refractivity contribution in [1.29, 1.82) is 0 Å². The number of aromatic nitrogens is 4. The van der Waals surface area contributed by atoms with E-state index < -0.39 is 0 Å². The highest BCUT2D eigenvalue weighted by molar-refractivity contribution is 5.91. The fourth-order valence-corrected chi connectivity index (χ4v) is 3.43. The number of nitrogens with one attached hydrogen (secondary N) is 1. The standard InChI is InChI=1S/C23H22FN5O/c1-16-21(17(2)29(27-16)20-10-8-19(24)9-11-20)14-23(30)26-22-12-13-25-28(22)15-18-6-4-3-5-7-18/h3-13H,14-15H2,1-2H3,(H,26,30). The summed E-state index contributed by atoms with van der Waals surface area (Å²) in [6.45, 7) is 4.35. The number of halogens is 1. The van der Waals surface area contributed by atoms with Crippen molar-refractivity contribution in [3.8, 4) is 5.69 Å². The molecule has 0 unspecified atom stereocenters. The summed E-state index contributed by atoms with van der Waals surface area (Å²) < 4.78 is 16.7. The van der Waals surface area contributed by atoms with Crippen LogP contribution in [0.3, 0.4) is 0 Å². The first kappa shape index (κ1) is 19.6. The minimum absolute atomic E-state index is 0.144. The van der Waals surface area contributed by atoms with Gasteiger partial charge in [-0.05, 0) is 43.7 Å². The SMILES string of the molecule is Cc1nn(-c2ccc(F)cc2)c(C)c1CC(=O)Nc1ccnn1Cc1ccccc1. The number of amides is 1. The molecule has 4 aromatic rings. The molecule has 2 aromatic carbocycles. The summed E-state index contributed by atoms with van der Waals surface area (Å²) in [6.07, 6.45) is 1.86. The van der Waals surface area contributed by atoms with E-state index in [1.54, 1.807) is 33.8 Å². The molecule has 0 aliphatic carbocycles. The van der Waals surface area contributed by atoms with Gasteiger partial charge in [0.1, 0.15) is 11.6 Å². The number of benzene rings is 2. The lowest BCUT2D eigenvalue weighted by atomic mass is 10.1. The summed E-state index contributed by atoms with van der Waals surface area (Å²) in [4.78, 5) is 12.7. The molecule has 2 aromatic heterocycles. The molecule has 0 atom stereocenters. The van der Waals surface area contributed by atoms with Crippen molar-refractivity contribution in [3.05, 3.63) is 95.2 Å². The van der Waals surface area contributed by atoms with E-state index >= 15 is 0 Å². The van der Waals surface area contributed by atoms with Crippen molar-refractivity contribution >= 4 is 11.7 Å². The normalized spacial score (nSPS) is 10.9. The van der Waals surface area contributed by atoms with E-state index in [1.807, 2.05) is 44.2 Å². The second kappa shape index (κ2) is 8.32. The van der Waals surface area contributed by atoms with Gasteiger partial charge < -0.3 is 5.32 Å². The van der Waals surface area contributed by atoms with Crippen LogP contribution in [0.15, 0.2) is 66.9 Å². The van der Waals surface area contributed by atoms with E-state index in [0.717, 1.165) is 28.2 Å². The Morgan fingerprint density at radius 3 is 2.50 bits per heavy atom. The van der Waals surface area contributed by atoms with Crippen LogP contribution in [0.4, 0.5) is 10.2 Å². The Morgan fingerprint density at radius 2 is 1.77 bits per heavy atom. The monoisotopic (exact) mass is 403 g/mol. The fraction of sp³-hybridized carbons (Fsp3) is 0.174. The van der Waals surface area contributed by atoms with Gasteiger partial charge in [0.05, 0.1) is 30.5 Å². The van der Waals surface area contributed by atoms with E-state index in [0.29, 0.717) is 12.4 Å². The zero-order valence-corrected chi connectivity index (χ0v) is 16.8. The third-order valence-corrected chi connectivity index (χ3v) is 5.01. The van der Waals surface area contributed by atoms with Crippen molar-refractivity contribution in [3.63, 3.8) is 0 Å². The molecule has 0 saturated heterocycles. The van der Waals surface area contributed by atoms with Crippen molar-refractivity contribution in [2.45, 2.75) is 26.8 Å². The second-order valence-electron chi connectivity index (χ2n) is 7.12. The number of hydrogen-bond donors (Lipinski definition) is 1. The highest BCUT2D eigenvalue weighted by Gasteiger charge is 2.17. The lowest BCUT2D eigenvalue weighted by molar-refractivity contribution is -0.115. The van der Waals surface area contributed by atoms with Gasteiger partial charge in [-0.1, -0.05) is 30.3 Å². The van der Waals surface area contributed by atoms with Gasteiger partial charge >= 0.3 is 0 Å². The highest BCUT2D eigenvalue weighted by atomic mass is 19.1. The molecule has 7 heteroatoms. The Bertz CT molecular complexity index is 1160. The summed E-state index contributed by atoms with van der Waals surface area (Å²) in [5.74, 6) is 0.201. The van der Waals surface area contributed by atoms with E-state index in [2.05, 4.69) is 15.5 Å². The molecule has 0 fully saturated rings. The lowest BCUT2D eigenvalue weighted by Crippen LogP contribution is -2.18. The van der Waals surface area contributed by atoms with Crippen LogP contribution < -0.4 is 5.32 Å². The third-order valence-electron chi connectivity index (χ3n) is 5.01. The van der Waals surface area contributed by atoms with Crippen LogP contribution in [0.25, 0.3) is 5.69 Å². The maximum absolute atomic E-state index is 13.2. The number of rotatable bonds is 6. The molecule has 0 aliphatic heterocycles. The highest BCUT2D eigenvalue weighted by Crippen LogP contribution is 2.20. The molecular formula is C23H22FN5O. The van der Waals surface area contributed by atoms with E-state index in [4.69, 9.17) is 0 Å². The Balaban J connectivity index is 1.49. The first-order chi connectivity index (χ1) is 14.5. The number of carbonyl (C=O) groups excluding carboxylic acids is 1. The molecule has 1 N–H and O–H groups in total. The summed E-state index contributed by atoms with van der Waals surface area (Å²) in [5.41, 5.74) is 4.33. The molecule has 0 radical (unpaired) electrons. The van der Waals surface area contributed by atoms with Gasteiger partial charge in [-0.15, -0.1) is 0 Å². The minimum Gasteiger partial charge on any atom is -0.311 e. The summed E-state index contributed by atoms with van der Waals surface area (Å²) in [5, 5.41) is 11.8. The van der Waals surface area contributed by atoms with Crippen LogP contribution in [0.1, 0.15) is 22.5 Å². The number of carbonyl (C=O) groups is 1. The summed E-state index contributed by atoms with van der Waals surface area (Å²) >= 11 is 0. The number of hydrogen-bond acceptors (Lipinski definition) is 3. The molecule has 6 nitrogen and oxygen atoms in total. The van der Waals surface area contributed by atoms with E-state index in [1.165, 1.54) is 12.1 Å². The van der Waals surface area contributed by atoms with Crippen LogP contribution in [-0.2, 0) is 17.8 Å². The van der Waals surface area contributed by atoms with Gasteiger partial charge in [0.2, 0.25) is 5.91 Å². The zero-order valence-electron chi connectivity index (χ0n) is 16.8. The smallest absolute Gasteiger partial charge is 0.230 e. The Morgan fingerprint density at radius 1 is 1.03 bits per heavy atom. The molecular weight excluding hydrogens is 381 g/mol. The van der Waals surface area contributed by atoms with Crippen molar-refractivity contribution in [2.75, 3.05) is 5.32 Å². The minimum atomic E-state index is -0.299. The van der Waals surface area contributed by atoms with Gasteiger partial charge in [-0.2, -0.15) is 10.2 Å². The molecule has 2 heterocycles. The van der Waals surface area contributed by atoms with Gasteiger partial charge in [0, 0.05) is 17.3 Å². The zero-order chi connectivity index (χ0) is 21.1. The van der Waals surface area contributed by atoms with Crippen LogP contribution in [0, 0.1) is 19.7 Å². The van der Waals surface area contributed by atoms with Crippen LogP contribution >= 0.6 is 0 Å². The summed E-state index contributed by atoms with van der Waals surface area (Å²) in [7, 11) is 0. The Hall–Kier alpha value is -3.74.